The Hall–Kier alpha value is -3.10. The third-order valence-corrected chi connectivity index (χ3v) is 5.51. The van der Waals surface area contributed by atoms with Crippen LogP contribution in [0.1, 0.15) is 29.1 Å². The van der Waals surface area contributed by atoms with Gasteiger partial charge in [0.15, 0.2) is 11.0 Å². The van der Waals surface area contributed by atoms with Gasteiger partial charge in [0.05, 0.1) is 11.8 Å². The van der Waals surface area contributed by atoms with E-state index in [9.17, 15) is 9.59 Å². The molecule has 0 aliphatic heterocycles. The van der Waals surface area contributed by atoms with Crippen LogP contribution in [0.2, 0.25) is 5.02 Å². The van der Waals surface area contributed by atoms with Gasteiger partial charge in [-0.25, -0.2) is 0 Å². The zero-order valence-electron chi connectivity index (χ0n) is 16.9. The minimum Gasteiger partial charge on any atom is -0.342 e. The number of halogens is 1. The molecule has 7 nitrogen and oxygen atoms in total. The molecule has 2 amide bonds. The Balaban J connectivity index is 1.66. The minimum absolute atomic E-state index is 0.144. The molecule has 0 aliphatic carbocycles. The predicted octanol–water partition coefficient (Wildman–Crippen LogP) is 4.34. The number of para-hydroxylation sites is 1. The number of carbonyl (C=O) groups excluding carboxylic acids is 2. The molecule has 0 unspecified atom stereocenters. The van der Waals surface area contributed by atoms with Crippen molar-refractivity contribution in [2.24, 2.45) is 0 Å². The van der Waals surface area contributed by atoms with Crippen molar-refractivity contribution in [3.8, 4) is 0 Å². The van der Waals surface area contributed by atoms with Crippen molar-refractivity contribution in [1.29, 1.82) is 0 Å². The summed E-state index contributed by atoms with van der Waals surface area (Å²) in [5, 5.41) is 15.3. The molecular weight excluding hydrogens is 434 g/mol. The number of nitrogens with one attached hydrogen (secondary N) is 2. The smallest absolute Gasteiger partial charge is 0.251 e. The number of thioether (sulfide) groups is 1. The van der Waals surface area contributed by atoms with Crippen LogP contribution in [-0.2, 0) is 11.3 Å². The van der Waals surface area contributed by atoms with Crippen LogP contribution in [-0.4, -0.2) is 32.3 Å². The zero-order valence-corrected chi connectivity index (χ0v) is 18.5. The third-order valence-electron chi connectivity index (χ3n) is 4.29. The summed E-state index contributed by atoms with van der Waals surface area (Å²) in [5.41, 5.74) is 1.23. The van der Waals surface area contributed by atoms with Crippen LogP contribution in [0.15, 0.2) is 72.4 Å². The molecule has 1 atom stereocenters. The number of hydrogen-bond donors (Lipinski definition) is 2. The van der Waals surface area contributed by atoms with Crippen molar-refractivity contribution < 1.29 is 9.59 Å². The van der Waals surface area contributed by atoms with E-state index in [4.69, 9.17) is 11.6 Å². The van der Waals surface area contributed by atoms with E-state index in [-0.39, 0.29) is 17.6 Å². The van der Waals surface area contributed by atoms with Gasteiger partial charge in [0, 0.05) is 22.8 Å². The number of carbonyl (C=O) groups is 2. The second kappa shape index (κ2) is 10.8. The normalized spacial score (nSPS) is 11.5. The van der Waals surface area contributed by atoms with Gasteiger partial charge in [-0.1, -0.05) is 47.6 Å². The summed E-state index contributed by atoms with van der Waals surface area (Å²) < 4.78 is 1.83. The summed E-state index contributed by atoms with van der Waals surface area (Å²) >= 11 is 7.15. The number of nitrogens with zero attached hydrogens (tertiary/aromatic N) is 3. The maximum atomic E-state index is 12.5. The molecule has 0 radical (unpaired) electrons. The SMILES string of the molecule is C=CCn1c(SCC(=O)Nc2ccccc2)nnc1[C@H](C)NC(=O)c1ccc(Cl)cc1. The molecule has 9 heteroatoms. The van der Waals surface area contributed by atoms with E-state index in [1.165, 1.54) is 11.8 Å². The van der Waals surface area contributed by atoms with Crippen molar-refractivity contribution in [3.05, 3.63) is 83.7 Å². The van der Waals surface area contributed by atoms with Gasteiger partial charge < -0.3 is 15.2 Å². The number of allylic oxidation sites excluding steroid dienone is 1. The Bertz CT molecular complexity index is 1050. The first-order chi connectivity index (χ1) is 15.0. The van der Waals surface area contributed by atoms with E-state index in [1.54, 1.807) is 30.3 Å². The fourth-order valence-corrected chi connectivity index (χ4v) is 3.70. The Labute approximate surface area is 189 Å². The van der Waals surface area contributed by atoms with E-state index in [0.717, 1.165) is 5.69 Å². The van der Waals surface area contributed by atoms with Gasteiger partial charge in [0.1, 0.15) is 0 Å². The van der Waals surface area contributed by atoms with Gasteiger partial charge in [0.2, 0.25) is 5.91 Å². The van der Waals surface area contributed by atoms with Crippen LogP contribution in [0.3, 0.4) is 0 Å². The van der Waals surface area contributed by atoms with Gasteiger partial charge in [-0.2, -0.15) is 0 Å². The van der Waals surface area contributed by atoms with E-state index in [2.05, 4.69) is 27.4 Å². The van der Waals surface area contributed by atoms with Crippen LogP contribution >= 0.6 is 23.4 Å². The highest BCUT2D eigenvalue weighted by Gasteiger charge is 2.20. The number of benzene rings is 2. The lowest BCUT2D eigenvalue weighted by molar-refractivity contribution is -0.113. The molecule has 0 spiro atoms. The highest BCUT2D eigenvalue weighted by molar-refractivity contribution is 7.99. The summed E-state index contributed by atoms with van der Waals surface area (Å²) in [6.07, 6.45) is 1.72. The van der Waals surface area contributed by atoms with Gasteiger partial charge in [-0.05, 0) is 43.3 Å². The largest absolute Gasteiger partial charge is 0.342 e. The van der Waals surface area contributed by atoms with Crippen LogP contribution in [0.25, 0.3) is 0 Å². The third kappa shape index (κ3) is 6.19. The molecule has 160 valence electrons. The fraction of sp³-hybridized carbons (Fsp3) is 0.182. The summed E-state index contributed by atoms with van der Waals surface area (Å²) in [6, 6.07) is 15.5. The molecule has 31 heavy (non-hydrogen) atoms. The summed E-state index contributed by atoms with van der Waals surface area (Å²) in [4.78, 5) is 24.8. The molecule has 2 N–H and O–H groups in total. The number of amides is 2. The van der Waals surface area contributed by atoms with Crippen molar-refractivity contribution in [2.45, 2.75) is 24.7 Å². The van der Waals surface area contributed by atoms with Crippen molar-refractivity contribution in [3.63, 3.8) is 0 Å². The van der Waals surface area contributed by atoms with E-state index < -0.39 is 6.04 Å². The number of aromatic nitrogens is 3. The summed E-state index contributed by atoms with van der Waals surface area (Å²) in [6.45, 7) is 6.06. The summed E-state index contributed by atoms with van der Waals surface area (Å²) in [5.74, 6) is 0.368. The Morgan fingerprint density at radius 3 is 2.55 bits per heavy atom. The van der Waals surface area contributed by atoms with Gasteiger partial charge in [-0.3, -0.25) is 9.59 Å². The van der Waals surface area contributed by atoms with Crippen molar-refractivity contribution in [1.82, 2.24) is 20.1 Å². The quantitative estimate of drug-likeness (QED) is 0.370. The van der Waals surface area contributed by atoms with E-state index >= 15 is 0 Å². The molecule has 1 heterocycles. The highest BCUT2D eigenvalue weighted by atomic mass is 35.5. The lowest BCUT2D eigenvalue weighted by Crippen LogP contribution is -2.28. The molecule has 0 saturated carbocycles. The number of anilines is 1. The minimum atomic E-state index is -0.400. The number of rotatable bonds is 9. The molecule has 2 aromatic carbocycles. The standard InChI is InChI=1S/C22H22ClN5O2S/c1-3-13-28-20(15(2)24-21(30)16-9-11-17(23)12-10-16)26-27-22(28)31-14-19(29)25-18-7-5-4-6-8-18/h3-12,15H,1,13-14H2,2H3,(H,24,30)(H,25,29)/t15-/m0/s1. The molecule has 0 fully saturated rings. The lowest BCUT2D eigenvalue weighted by atomic mass is 10.2. The molecule has 0 saturated heterocycles. The fourth-order valence-electron chi connectivity index (χ4n) is 2.82. The molecule has 3 aromatic rings. The van der Waals surface area contributed by atoms with E-state index in [0.29, 0.717) is 28.1 Å². The van der Waals surface area contributed by atoms with E-state index in [1.807, 2.05) is 41.8 Å². The van der Waals surface area contributed by atoms with Gasteiger partial charge in [-0.15, -0.1) is 16.8 Å². The average Bonchev–Trinajstić information content (AvgIpc) is 3.16. The van der Waals surface area contributed by atoms with Crippen LogP contribution < -0.4 is 10.6 Å². The van der Waals surface area contributed by atoms with Crippen LogP contribution in [0.5, 0.6) is 0 Å². The first-order valence-corrected chi connectivity index (χ1v) is 10.9. The van der Waals surface area contributed by atoms with Crippen molar-refractivity contribution >= 4 is 40.9 Å². The maximum Gasteiger partial charge on any atom is 0.251 e. The Kier molecular flexibility index (Phi) is 7.86. The van der Waals surface area contributed by atoms with Gasteiger partial charge in [0.25, 0.3) is 5.91 Å². The topological polar surface area (TPSA) is 88.9 Å². The zero-order chi connectivity index (χ0) is 22.2. The first-order valence-electron chi connectivity index (χ1n) is 9.56. The molecule has 3 rings (SSSR count). The second-order valence-electron chi connectivity index (χ2n) is 6.64. The average molecular weight is 456 g/mol. The first kappa shape index (κ1) is 22.6. The highest BCUT2D eigenvalue weighted by Crippen LogP contribution is 2.21. The number of hydrogen-bond acceptors (Lipinski definition) is 5. The molecular formula is C22H22ClN5O2S. The van der Waals surface area contributed by atoms with Crippen LogP contribution in [0.4, 0.5) is 5.69 Å². The monoisotopic (exact) mass is 455 g/mol. The van der Waals surface area contributed by atoms with Crippen molar-refractivity contribution in [2.75, 3.05) is 11.1 Å². The Morgan fingerprint density at radius 1 is 1.16 bits per heavy atom. The Morgan fingerprint density at radius 2 is 1.87 bits per heavy atom. The van der Waals surface area contributed by atoms with Crippen LogP contribution in [0, 0.1) is 0 Å². The molecule has 0 bridgehead atoms. The lowest BCUT2D eigenvalue weighted by Gasteiger charge is -2.15. The second-order valence-corrected chi connectivity index (χ2v) is 8.02. The maximum absolute atomic E-state index is 12.5. The summed E-state index contributed by atoms with van der Waals surface area (Å²) in [7, 11) is 0. The van der Waals surface area contributed by atoms with Gasteiger partial charge >= 0.3 is 0 Å². The molecule has 1 aromatic heterocycles. The molecule has 0 aliphatic rings. The predicted molar refractivity (Wildman–Crippen MR) is 123 cm³/mol.